The number of pyridine rings is 1. The van der Waals surface area contributed by atoms with Gasteiger partial charge in [0.1, 0.15) is 0 Å². The van der Waals surface area contributed by atoms with Crippen molar-refractivity contribution in [2.75, 3.05) is 5.32 Å². The molecule has 0 aliphatic rings. The standard InChI is InChI=1S/C27H28N4O2/c32-25(29-24-16-10-9-15-23(24)21-12-5-4-6-13-21)17-7-2-1-3-8-18-26-30-31-27(33-26)22-14-11-19-28-20-22/h4-6,9-16,19-20H,1-3,7-8,17-18H2,(H,29,32). The van der Waals surface area contributed by atoms with Crippen molar-refractivity contribution in [3.63, 3.8) is 0 Å². The van der Waals surface area contributed by atoms with E-state index in [2.05, 4.69) is 32.6 Å². The molecule has 0 aliphatic heterocycles. The average Bonchev–Trinajstić information content (AvgIpc) is 3.34. The summed E-state index contributed by atoms with van der Waals surface area (Å²) in [5.74, 6) is 1.23. The van der Waals surface area contributed by atoms with Gasteiger partial charge in [-0.15, -0.1) is 10.2 Å². The second kappa shape index (κ2) is 11.7. The van der Waals surface area contributed by atoms with E-state index >= 15 is 0 Å². The Morgan fingerprint density at radius 3 is 2.39 bits per heavy atom. The van der Waals surface area contributed by atoms with E-state index in [1.807, 2.05) is 54.6 Å². The number of hydrogen-bond donors (Lipinski definition) is 1. The number of aromatic nitrogens is 3. The van der Waals surface area contributed by atoms with E-state index in [-0.39, 0.29) is 5.91 Å². The Morgan fingerprint density at radius 1 is 0.788 bits per heavy atom. The molecule has 1 N–H and O–H groups in total. The van der Waals surface area contributed by atoms with Gasteiger partial charge in [-0.1, -0.05) is 67.8 Å². The fraction of sp³-hybridized carbons (Fsp3) is 0.259. The number of amides is 1. The van der Waals surface area contributed by atoms with Crippen molar-refractivity contribution in [1.29, 1.82) is 0 Å². The van der Waals surface area contributed by atoms with Gasteiger partial charge in [0.15, 0.2) is 0 Å². The Kier molecular flexibility index (Phi) is 7.95. The van der Waals surface area contributed by atoms with Gasteiger partial charge in [0.25, 0.3) is 0 Å². The largest absolute Gasteiger partial charge is 0.421 e. The van der Waals surface area contributed by atoms with Gasteiger partial charge in [0, 0.05) is 36.5 Å². The molecule has 0 aliphatic carbocycles. The Bertz CT molecular complexity index is 1140. The predicted octanol–water partition coefficient (Wildman–Crippen LogP) is 6.32. The van der Waals surface area contributed by atoms with Crippen LogP contribution in [0.1, 0.15) is 44.4 Å². The van der Waals surface area contributed by atoms with Gasteiger partial charge < -0.3 is 9.73 Å². The zero-order chi connectivity index (χ0) is 22.7. The summed E-state index contributed by atoms with van der Waals surface area (Å²) < 4.78 is 5.71. The van der Waals surface area contributed by atoms with Crippen LogP contribution in [-0.2, 0) is 11.2 Å². The van der Waals surface area contributed by atoms with E-state index in [1.165, 1.54) is 0 Å². The number of hydrogen-bond acceptors (Lipinski definition) is 5. The summed E-state index contributed by atoms with van der Waals surface area (Å²) in [5.41, 5.74) is 3.83. The molecule has 0 bridgehead atoms. The normalized spacial score (nSPS) is 10.8. The molecule has 2 aromatic heterocycles. The smallest absolute Gasteiger partial charge is 0.249 e. The summed E-state index contributed by atoms with van der Waals surface area (Å²) in [6.45, 7) is 0. The van der Waals surface area contributed by atoms with E-state index in [4.69, 9.17) is 4.42 Å². The maximum absolute atomic E-state index is 12.4. The SMILES string of the molecule is O=C(CCCCCCCc1nnc(-c2cccnc2)o1)Nc1ccccc1-c1ccccc1. The monoisotopic (exact) mass is 440 g/mol. The van der Waals surface area contributed by atoms with Crippen molar-refractivity contribution >= 4 is 11.6 Å². The van der Waals surface area contributed by atoms with Crippen LogP contribution >= 0.6 is 0 Å². The molecule has 0 saturated heterocycles. The summed E-state index contributed by atoms with van der Waals surface area (Å²) in [7, 11) is 0. The molecule has 6 heteroatoms. The molecule has 4 aromatic rings. The molecule has 1 amide bonds. The van der Waals surface area contributed by atoms with Crippen molar-refractivity contribution < 1.29 is 9.21 Å². The number of rotatable bonds is 11. The van der Waals surface area contributed by atoms with Crippen molar-refractivity contribution in [2.24, 2.45) is 0 Å². The molecular weight excluding hydrogens is 412 g/mol. The Balaban J connectivity index is 1.13. The first kappa shape index (κ1) is 22.4. The van der Waals surface area contributed by atoms with Gasteiger partial charge in [0.2, 0.25) is 17.7 Å². The topological polar surface area (TPSA) is 80.9 Å². The summed E-state index contributed by atoms with van der Waals surface area (Å²) in [4.78, 5) is 16.5. The fourth-order valence-corrected chi connectivity index (χ4v) is 3.73. The van der Waals surface area contributed by atoms with Crippen LogP contribution in [0.5, 0.6) is 0 Å². The van der Waals surface area contributed by atoms with Gasteiger partial charge in [-0.05, 0) is 36.6 Å². The first-order valence-electron chi connectivity index (χ1n) is 11.5. The number of anilines is 1. The van der Waals surface area contributed by atoms with Crippen LogP contribution in [0, 0.1) is 0 Å². The second-order valence-electron chi connectivity index (χ2n) is 7.97. The molecule has 0 fully saturated rings. The lowest BCUT2D eigenvalue weighted by Gasteiger charge is -2.11. The minimum Gasteiger partial charge on any atom is -0.421 e. The van der Waals surface area contributed by atoms with Crippen LogP contribution in [0.25, 0.3) is 22.6 Å². The van der Waals surface area contributed by atoms with Crippen LogP contribution in [0.2, 0.25) is 0 Å². The van der Waals surface area contributed by atoms with Crippen LogP contribution in [-0.4, -0.2) is 21.1 Å². The Hall–Kier alpha value is -3.80. The molecule has 0 radical (unpaired) electrons. The number of benzene rings is 2. The average molecular weight is 441 g/mol. The van der Waals surface area contributed by atoms with Crippen LogP contribution < -0.4 is 5.32 Å². The molecule has 2 heterocycles. The third-order valence-corrected chi connectivity index (χ3v) is 5.46. The van der Waals surface area contributed by atoms with E-state index in [9.17, 15) is 4.79 Å². The maximum atomic E-state index is 12.4. The summed E-state index contributed by atoms with van der Waals surface area (Å²) >= 11 is 0. The Morgan fingerprint density at radius 2 is 1.55 bits per heavy atom. The lowest BCUT2D eigenvalue weighted by atomic mass is 10.0. The van der Waals surface area contributed by atoms with Crippen molar-refractivity contribution in [3.05, 3.63) is 85.0 Å². The second-order valence-corrected chi connectivity index (χ2v) is 7.97. The highest BCUT2D eigenvalue weighted by Crippen LogP contribution is 2.27. The summed E-state index contributed by atoms with van der Waals surface area (Å²) in [6, 6.07) is 21.8. The lowest BCUT2D eigenvalue weighted by molar-refractivity contribution is -0.116. The first-order valence-corrected chi connectivity index (χ1v) is 11.5. The van der Waals surface area contributed by atoms with E-state index in [1.54, 1.807) is 12.4 Å². The highest BCUT2D eigenvalue weighted by molar-refractivity contribution is 5.95. The van der Waals surface area contributed by atoms with E-state index in [0.29, 0.717) is 18.2 Å². The highest BCUT2D eigenvalue weighted by Gasteiger charge is 2.09. The van der Waals surface area contributed by atoms with Crippen molar-refractivity contribution in [1.82, 2.24) is 15.2 Å². The van der Waals surface area contributed by atoms with Crippen LogP contribution in [0.4, 0.5) is 5.69 Å². The van der Waals surface area contributed by atoms with Gasteiger partial charge in [-0.2, -0.15) is 0 Å². The quantitative estimate of drug-likeness (QED) is 0.276. The predicted molar refractivity (Wildman–Crippen MR) is 129 cm³/mol. The van der Waals surface area contributed by atoms with Gasteiger partial charge in [-0.3, -0.25) is 9.78 Å². The van der Waals surface area contributed by atoms with Crippen molar-refractivity contribution in [2.45, 2.75) is 44.9 Å². The molecule has 6 nitrogen and oxygen atoms in total. The molecule has 0 unspecified atom stereocenters. The number of carbonyl (C=O) groups is 1. The van der Waals surface area contributed by atoms with Crippen LogP contribution in [0.3, 0.4) is 0 Å². The highest BCUT2D eigenvalue weighted by atomic mass is 16.4. The molecule has 2 aromatic carbocycles. The molecule has 168 valence electrons. The summed E-state index contributed by atoms with van der Waals surface area (Å²) in [5, 5.41) is 11.3. The molecular formula is C27H28N4O2. The minimum absolute atomic E-state index is 0.0622. The molecule has 0 atom stereocenters. The third kappa shape index (κ3) is 6.59. The van der Waals surface area contributed by atoms with Gasteiger partial charge >= 0.3 is 0 Å². The number of para-hydroxylation sites is 1. The number of carbonyl (C=O) groups excluding carboxylic acids is 1. The third-order valence-electron chi connectivity index (χ3n) is 5.46. The summed E-state index contributed by atoms with van der Waals surface area (Å²) in [6.07, 6.45) is 9.78. The molecule has 0 saturated carbocycles. The van der Waals surface area contributed by atoms with Gasteiger partial charge in [0.05, 0.1) is 5.56 Å². The van der Waals surface area contributed by atoms with Crippen molar-refractivity contribution in [3.8, 4) is 22.6 Å². The van der Waals surface area contributed by atoms with E-state index in [0.717, 1.165) is 60.9 Å². The molecule has 4 rings (SSSR count). The number of nitrogens with zero attached hydrogens (tertiary/aromatic N) is 3. The number of aryl methyl sites for hydroxylation is 1. The molecule has 0 spiro atoms. The van der Waals surface area contributed by atoms with Crippen LogP contribution in [0.15, 0.2) is 83.5 Å². The number of nitrogens with one attached hydrogen (secondary N) is 1. The maximum Gasteiger partial charge on any atom is 0.249 e. The fourth-order valence-electron chi connectivity index (χ4n) is 3.73. The number of unbranched alkanes of at least 4 members (excludes halogenated alkanes) is 4. The first-order chi connectivity index (χ1) is 16.3. The molecule has 33 heavy (non-hydrogen) atoms. The minimum atomic E-state index is 0.0622. The zero-order valence-electron chi connectivity index (χ0n) is 18.6. The Labute approximate surface area is 194 Å². The lowest BCUT2D eigenvalue weighted by Crippen LogP contribution is -2.11. The van der Waals surface area contributed by atoms with E-state index < -0.39 is 0 Å². The zero-order valence-corrected chi connectivity index (χ0v) is 18.6. The van der Waals surface area contributed by atoms with Gasteiger partial charge in [-0.25, -0.2) is 0 Å².